The highest BCUT2D eigenvalue weighted by molar-refractivity contribution is 6.07. The topological polar surface area (TPSA) is 82.9 Å². The molecule has 198 valence electrons. The SMILES string of the molecule is CCCCN(C(=O)c1ccc(C(=N)N2CCOCC2)cc1)c1ccc2c(c1)CC(CC(=O)OCC)CC2. The van der Waals surface area contributed by atoms with Gasteiger partial charge in [0.15, 0.2) is 0 Å². The Morgan fingerprint density at radius 2 is 1.78 bits per heavy atom. The van der Waals surface area contributed by atoms with Gasteiger partial charge < -0.3 is 19.3 Å². The number of amidine groups is 1. The second kappa shape index (κ2) is 12.9. The lowest BCUT2D eigenvalue weighted by atomic mass is 9.82. The minimum Gasteiger partial charge on any atom is -0.466 e. The van der Waals surface area contributed by atoms with E-state index in [0.717, 1.165) is 43.4 Å². The van der Waals surface area contributed by atoms with E-state index in [9.17, 15) is 9.59 Å². The summed E-state index contributed by atoms with van der Waals surface area (Å²) in [7, 11) is 0. The molecule has 2 aromatic rings. The maximum atomic E-state index is 13.7. The molecule has 1 unspecified atom stereocenters. The fourth-order valence-electron chi connectivity index (χ4n) is 5.18. The predicted octanol–water partition coefficient (Wildman–Crippen LogP) is 4.85. The molecule has 2 aliphatic rings. The number of carbonyl (C=O) groups excluding carboxylic acids is 2. The first-order chi connectivity index (χ1) is 18.0. The number of esters is 1. The van der Waals surface area contributed by atoms with E-state index in [0.29, 0.717) is 57.3 Å². The lowest BCUT2D eigenvalue weighted by molar-refractivity contribution is -0.144. The molecule has 1 amide bonds. The smallest absolute Gasteiger partial charge is 0.306 e. The Hall–Kier alpha value is -3.19. The molecule has 0 spiro atoms. The summed E-state index contributed by atoms with van der Waals surface area (Å²) >= 11 is 0. The van der Waals surface area contributed by atoms with Crippen molar-refractivity contribution in [1.29, 1.82) is 5.41 Å². The molecular weight excluding hydrogens is 466 g/mol. The summed E-state index contributed by atoms with van der Waals surface area (Å²) in [6.45, 7) is 7.71. The van der Waals surface area contributed by atoms with Crippen molar-refractivity contribution in [2.24, 2.45) is 5.92 Å². The second-order valence-electron chi connectivity index (χ2n) is 9.91. The van der Waals surface area contributed by atoms with Crippen molar-refractivity contribution in [1.82, 2.24) is 4.90 Å². The first kappa shape index (κ1) is 26.9. The molecule has 1 fully saturated rings. The first-order valence-corrected chi connectivity index (χ1v) is 13.6. The fourth-order valence-corrected chi connectivity index (χ4v) is 5.18. The first-order valence-electron chi connectivity index (χ1n) is 13.6. The van der Waals surface area contributed by atoms with Crippen molar-refractivity contribution >= 4 is 23.4 Å². The van der Waals surface area contributed by atoms with E-state index < -0.39 is 0 Å². The summed E-state index contributed by atoms with van der Waals surface area (Å²) < 4.78 is 10.6. The Morgan fingerprint density at radius 1 is 1.05 bits per heavy atom. The van der Waals surface area contributed by atoms with Gasteiger partial charge in [-0.25, -0.2) is 0 Å². The Morgan fingerprint density at radius 3 is 2.49 bits per heavy atom. The van der Waals surface area contributed by atoms with Crippen LogP contribution in [0, 0.1) is 11.3 Å². The molecule has 1 saturated heterocycles. The highest BCUT2D eigenvalue weighted by Crippen LogP contribution is 2.31. The van der Waals surface area contributed by atoms with Crippen LogP contribution >= 0.6 is 0 Å². The van der Waals surface area contributed by atoms with E-state index in [1.165, 1.54) is 11.1 Å². The Labute approximate surface area is 220 Å². The monoisotopic (exact) mass is 505 g/mol. The number of morpholine rings is 1. The van der Waals surface area contributed by atoms with Gasteiger partial charge in [0.25, 0.3) is 5.91 Å². The third-order valence-electron chi connectivity index (χ3n) is 7.31. The summed E-state index contributed by atoms with van der Waals surface area (Å²) in [6.07, 6.45) is 5.10. The highest BCUT2D eigenvalue weighted by atomic mass is 16.5. The van der Waals surface area contributed by atoms with Gasteiger partial charge in [-0.05, 0) is 73.9 Å². The van der Waals surface area contributed by atoms with Crippen molar-refractivity contribution in [2.45, 2.75) is 52.4 Å². The largest absolute Gasteiger partial charge is 0.466 e. The van der Waals surface area contributed by atoms with Crippen molar-refractivity contribution in [3.8, 4) is 0 Å². The molecular formula is C30H39N3O4. The highest BCUT2D eigenvalue weighted by Gasteiger charge is 2.24. The summed E-state index contributed by atoms with van der Waals surface area (Å²) in [5.41, 5.74) is 4.85. The van der Waals surface area contributed by atoms with Crippen LogP contribution in [-0.2, 0) is 27.1 Å². The predicted molar refractivity (Wildman–Crippen MR) is 145 cm³/mol. The zero-order valence-corrected chi connectivity index (χ0v) is 22.1. The van der Waals surface area contributed by atoms with Crippen molar-refractivity contribution in [3.63, 3.8) is 0 Å². The molecule has 0 radical (unpaired) electrons. The molecule has 37 heavy (non-hydrogen) atoms. The van der Waals surface area contributed by atoms with Gasteiger partial charge in [0.2, 0.25) is 0 Å². The number of rotatable bonds is 9. The van der Waals surface area contributed by atoms with Crippen molar-refractivity contribution in [2.75, 3.05) is 44.4 Å². The number of aryl methyl sites for hydroxylation is 1. The van der Waals surface area contributed by atoms with Crippen LogP contribution in [0.25, 0.3) is 0 Å². The Bertz CT molecular complexity index is 1090. The van der Waals surface area contributed by atoms with E-state index in [2.05, 4.69) is 25.1 Å². The number of fused-ring (bicyclic) bond motifs is 1. The van der Waals surface area contributed by atoms with Crippen LogP contribution in [0.15, 0.2) is 42.5 Å². The third kappa shape index (κ3) is 6.77. The summed E-state index contributed by atoms with van der Waals surface area (Å²) in [5.74, 6) is 0.585. The van der Waals surface area contributed by atoms with Gasteiger partial charge in [-0.3, -0.25) is 15.0 Å². The number of anilines is 1. The van der Waals surface area contributed by atoms with E-state index in [1.807, 2.05) is 41.0 Å². The Balaban J connectivity index is 1.50. The van der Waals surface area contributed by atoms with Gasteiger partial charge in [-0.1, -0.05) is 31.5 Å². The molecule has 1 N–H and O–H groups in total. The van der Waals surface area contributed by atoms with Crippen LogP contribution in [0.4, 0.5) is 5.69 Å². The second-order valence-corrected chi connectivity index (χ2v) is 9.91. The maximum absolute atomic E-state index is 13.7. The third-order valence-corrected chi connectivity index (χ3v) is 7.31. The quantitative estimate of drug-likeness (QED) is 0.299. The number of ether oxygens (including phenoxy) is 2. The van der Waals surface area contributed by atoms with E-state index in [1.54, 1.807) is 0 Å². The summed E-state index contributed by atoms with van der Waals surface area (Å²) in [6, 6.07) is 13.7. The Kier molecular flexibility index (Phi) is 9.34. The van der Waals surface area contributed by atoms with Gasteiger partial charge in [-0.15, -0.1) is 0 Å². The summed E-state index contributed by atoms with van der Waals surface area (Å²) in [4.78, 5) is 29.6. The number of benzene rings is 2. The van der Waals surface area contributed by atoms with Gasteiger partial charge in [0, 0.05) is 42.9 Å². The van der Waals surface area contributed by atoms with Crippen LogP contribution in [0.1, 0.15) is 66.6 Å². The molecule has 0 aromatic heterocycles. The lowest BCUT2D eigenvalue weighted by Gasteiger charge is -2.29. The number of nitrogens with zero attached hydrogens (tertiary/aromatic N) is 2. The molecule has 7 heteroatoms. The number of hydrogen-bond acceptors (Lipinski definition) is 5. The maximum Gasteiger partial charge on any atom is 0.306 e. The van der Waals surface area contributed by atoms with Crippen LogP contribution in [-0.4, -0.2) is 62.1 Å². The van der Waals surface area contributed by atoms with Gasteiger partial charge >= 0.3 is 5.97 Å². The van der Waals surface area contributed by atoms with E-state index in [-0.39, 0.29) is 17.8 Å². The molecule has 1 atom stereocenters. The molecule has 1 aliphatic heterocycles. The fraction of sp³-hybridized carbons (Fsp3) is 0.500. The minimum absolute atomic E-state index is 0.0308. The van der Waals surface area contributed by atoms with E-state index >= 15 is 0 Å². The molecule has 1 aliphatic carbocycles. The number of unbranched alkanes of at least 4 members (excludes halogenated alkanes) is 1. The van der Waals surface area contributed by atoms with Crippen LogP contribution in [0.2, 0.25) is 0 Å². The molecule has 0 bridgehead atoms. The van der Waals surface area contributed by atoms with Crippen molar-refractivity contribution in [3.05, 3.63) is 64.7 Å². The lowest BCUT2D eigenvalue weighted by Crippen LogP contribution is -2.40. The van der Waals surface area contributed by atoms with E-state index in [4.69, 9.17) is 14.9 Å². The molecule has 7 nitrogen and oxygen atoms in total. The minimum atomic E-state index is -0.128. The molecule has 0 saturated carbocycles. The number of nitrogens with one attached hydrogen (secondary N) is 1. The number of amides is 1. The van der Waals surface area contributed by atoms with Gasteiger partial charge in [0.1, 0.15) is 5.84 Å². The average Bonchev–Trinajstić information content (AvgIpc) is 2.93. The summed E-state index contributed by atoms with van der Waals surface area (Å²) in [5, 5.41) is 8.53. The zero-order chi connectivity index (χ0) is 26.2. The van der Waals surface area contributed by atoms with Gasteiger partial charge in [0.05, 0.1) is 19.8 Å². The average molecular weight is 506 g/mol. The molecule has 4 rings (SSSR count). The number of hydrogen-bond donors (Lipinski definition) is 1. The van der Waals surface area contributed by atoms with Crippen LogP contribution in [0.3, 0.4) is 0 Å². The van der Waals surface area contributed by atoms with Gasteiger partial charge in [-0.2, -0.15) is 0 Å². The van der Waals surface area contributed by atoms with Crippen LogP contribution in [0.5, 0.6) is 0 Å². The normalized spacial score (nSPS) is 17.1. The molecule has 2 aromatic carbocycles. The van der Waals surface area contributed by atoms with Crippen molar-refractivity contribution < 1.29 is 19.1 Å². The standard InChI is InChI=1S/C30H39N3O4/c1-3-5-14-33(27-13-12-23-7-6-22(19-26(23)21-27)20-28(34)37-4-2)30(35)25-10-8-24(9-11-25)29(31)32-15-17-36-18-16-32/h8-13,21-22,31H,3-7,14-20H2,1-2H3. The molecule has 1 heterocycles. The van der Waals surface area contributed by atoms with Crippen LogP contribution < -0.4 is 4.90 Å². The number of carbonyl (C=O) groups is 2. The zero-order valence-electron chi connectivity index (χ0n) is 22.1.